The van der Waals surface area contributed by atoms with Gasteiger partial charge in [-0.15, -0.1) is 0 Å². The average molecular weight is 287 g/mol. The Balaban J connectivity index is 2.15. The fourth-order valence-electron chi connectivity index (χ4n) is 1.90. The molecule has 1 heterocycles. The number of carboxylic acids is 1. The maximum absolute atomic E-state index is 12.0. The van der Waals surface area contributed by atoms with Crippen molar-refractivity contribution in [3.8, 4) is 0 Å². The lowest BCUT2D eigenvalue weighted by Gasteiger charge is -2.12. The van der Waals surface area contributed by atoms with Crippen molar-refractivity contribution >= 4 is 11.7 Å². The zero-order chi connectivity index (χ0) is 15.4. The summed E-state index contributed by atoms with van der Waals surface area (Å²) < 4.78 is 1.37. The largest absolute Gasteiger partial charge is 0.481 e. The highest BCUT2D eigenvalue weighted by atomic mass is 16.4. The number of hydrogen-bond acceptors (Lipinski definition) is 4. The maximum atomic E-state index is 12.0. The Kier molecular flexibility index (Phi) is 4.37. The first-order valence-corrected chi connectivity index (χ1v) is 6.50. The summed E-state index contributed by atoms with van der Waals surface area (Å²) in [5, 5.41) is 12.9. The van der Waals surface area contributed by atoms with Crippen molar-refractivity contribution in [2.45, 2.75) is 13.0 Å². The fraction of sp³-hybridized carbons (Fsp3) is 0.267. The van der Waals surface area contributed by atoms with Crippen LogP contribution in [0.1, 0.15) is 11.1 Å². The highest BCUT2D eigenvalue weighted by molar-refractivity contribution is 5.70. The van der Waals surface area contributed by atoms with Gasteiger partial charge in [-0.1, -0.05) is 24.3 Å². The minimum atomic E-state index is -0.861. The first-order chi connectivity index (χ1) is 9.95. The van der Waals surface area contributed by atoms with Crippen LogP contribution < -0.4 is 10.5 Å². The van der Waals surface area contributed by atoms with Gasteiger partial charge in [-0.25, -0.2) is 4.68 Å². The van der Waals surface area contributed by atoms with Gasteiger partial charge in [-0.2, -0.15) is 5.10 Å². The predicted octanol–water partition coefficient (Wildman–Crippen LogP) is 0.985. The summed E-state index contributed by atoms with van der Waals surface area (Å²) in [4.78, 5) is 24.4. The van der Waals surface area contributed by atoms with Crippen LogP contribution in [0.15, 0.2) is 41.3 Å². The molecule has 0 fully saturated rings. The topological polar surface area (TPSA) is 75.4 Å². The number of benzene rings is 1. The second-order valence-corrected chi connectivity index (χ2v) is 4.99. The first-order valence-electron chi connectivity index (χ1n) is 6.50. The molecule has 0 aliphatic carbocycles. The van der Waals surface area contributed by atoms with Crippen LogP contribution in [-0.4, -0.2) is 35.0 Å². The number of nitrogens with zero attached hydrogens (tertiary/aromatic N) is 3. The zero-order valence-corrected chi connectivity index (χ0v) is 12.0. The Hall–Kier alpha value is -2.63. The first kappa shape index (κ1) is 14.8. The van der Waals surface area contributed by atoms with E-state index in [-0.39, 0.29) is 12.0 Å². The third kappa shape index (κ3) is 3.92. The zero-order valence-electron chi connectivity index (χ0n) is 12.0. The molecule has 0 bridgehead atoms. The third-order valence-corrected chi connectivity index (χ3v) is 3.08. The van der Waals surface area contributed by atoms with Crippen LogP contribution in [0.2, 0.25) is 0 Å². The lowest BCUT2D eigenvalue weighted by atomic mass is 10.1. The molecular weight excluding hydrogens is 270 g/mol. The third-order valence-electron chi connectivity index (χ3n) is 3.08. The van der Waals surface area contributed by atoms with Crippen LogP contribution >= 0.6 is 0 Å². The smallest absolute Gasteiger partial charge is 0.307 e. The highest BCUT2D eigenvalue weighted by Crippen LogP contribution is 2.07. The standard InChI is InChI=1S/C15H17N3O3/c1-17(2)13-8-14(19)18(16-9-13)10-12-5-3-11(4-6-12)7-15(20)21/h3-6,8-9H,7,10H2,1-2H3,(H,20,21). The Morgan fingerprint density at radius 3 is 2.38 bits per heavy atom. The molecule has 0 saturated carbocycles. The van der Waals surface area contributed by atoms with Gasteiger partial charge in [0.05, 0.1) is 24.8 Å². The van der Waals surface area contributed by atoms with Gasteiger partial charge in [0.15, 0.2) is 0 Å². The molecule has 0 aliphatic heterocycles. The molecule has 2 aromatic rings. The summed E-state index contributed by atoms with van der Waals surface area (Å²) in [5.41, 5.74) is 2.22. The predicted molar refractivity (Wildman–Crippen MR) is 79.7 cm³/mol. The molecule has 110 valence electrons. The van der Waals surface area contributed by atoms with Crippen LogP contribution in [0.3, 0.4) is 0 Å². The van der Waals surface area contributed by atoms with E-state index in [2.05, 4.69) is 5.10 Å². The maximum Gasteiger partial charge on any atom is 0.307 e. The van der Waals surface area contributed by atoms with E-state index in [9.17, 15) is 9.59 Å². The highest BCUT2D eigenvalue weighted by Gasteiger charge is 2.04. The number of rotatable bonds is 5. The quantitative estimate of drug-likeness (QED) is 0.887. The lowest BCUT2D eigenvalue weighted by Crippen LogP contribution is -2.24. The van der Waals surface area contributed by atoms with Gasteiger partial charge < -0.3 is 10.0 Å². The summed E-state index contributed by atoms with van der Waals surface area (Å²) in [6.45, 7) is 0.361. The molecule has 0 atom stereocenters. The molecule has 1 aromatic carbocycles. The van der Waals surface area contributed by atoms with E-state index < -0.39 is 5.97 Å². The molecule has 0 unspecified atom stereocenters. The SMILES string of the molecule is CN(C)c1cnn(Cc2ccc(CC(=O)O)cc2)c(=O)c1. The minimum absolute atomic E-state index is 0.00396. The molecule has 2 rings (SSSR count). The second kappa shape index (κ2) is 6.21. The number of carbonyl (C=O) groups is 1. The molecule has 0 aliphatic rings. The van der Waals surface area contributed by atoms with Crippen molar-refractivity contribution < 1.29 is 9.90 Å². The van der Waals surface area contributed by atoms with E-state index in [4.69, 9.17) is 5.11 Å². The van der Waals surface area contributed by atoms with Crippen molar-refractivity contribution in [3.63, 3.8) is 0 Å². The van der Waals surface area contributed by atoms with Crippen LogP contribution in [0.5, 0.6) is 0 Å². The van der Waals surface area contributed by atoms with Crippen LogP contribution in [0.4, 0.5) is 5.69 Å². The minimum Gasteiger partial charge on any atom is -0.481 e. The van der Waals surface area contributed by atoms with Crippen molar-refractivity contribution in [3.05, 3.63) is 58.0 Å². The second-order valence-electron chi connectivity index (χ2n) is 4.99. The summed E-state index contributed by atoms with van der Waals surface area (Å²) >= 11 is 0. The van der Waals surface area contributed by atoms with Crippen molar-refractivity contribution in [2.75, 3.05) is 19.0 Å². The van der Waals surface area contributed by atoms with E-state index in [0.717, 1.165) is 16.8 Å². The number of aromatic nitrogens is 2. The number of hydrogen-bond donors (Lipinski definition) is 1. The average Bonchev–Trinajstić information content (AvgIpc) is 2.42. The summed E-state index contributed by atoms with van der Waals surface area (Å²) in [6.07, 6.45) is 1.64. The Labute approximate surface area is 122 Å². The van der Waals surface area contributed by atoms with Crippen LogP contribution in [0.25, 0.3) is 0 Å². The van der Waals surface area contributed by atoms with Crippen LogP contribution in [-0.2, 0) is 17.8 Å². The Bertz CT molecular complexity index is 690. The molecule has 6 nitrogen and oxygen atoms in total. The van der Waals surface area contributed by atoms with E-state index in [1.54, 1.807) is 18.3 Å². The number of aliphatic carboxylic acids is 1. The normalized spacial score (nSPS) is 10.4. The van der Waals surface area contributed by atoms with Gasteiger partial charge in [0.2, 0.25) is 0 Å². The summed E-state index contributed by atoms with van der Waals surface area (Å²) in [6, 6.07) is 8.66. The molecule has 21 heavy (non-hydrogen) atoms. The molecule has 0 radical (unpaired) electrons. The molecule has 0 amide bonds. The van der Waals surface area contributed by atoms with Gasteiger partial charge >= 0.3 is 5.97 Å². The van der Waals surface area contributed by atoms with Crippen molar-refractivity contribution in [2.24, 2.45) is 0 Å². The van der Waals surface area contributed by atoms with Gasteiger partial charge in [0, 0.05) is 20.2 Å². The summed E-state index contributed by atoms with van der Waals surface area (Å²) in [7, 11) is 3.70. The monoisotopic (exact) mass is 287 g/mol. The van der Waals surface area contributed by atoms with E-state index in [0.29, 0.717) is 6.54 Å². The van der Waals surface area contributed by atoms with E-state index in [1.807, 2.05) is 31.1 Å². The van der Waals surface area contributed by atoms with Gasteiger partial charge in [0.25, 0.3) is 5.56 Å². The van der Waals surface area contributed by atoms with Gasteiger partial charge in [-0.3, -0.25) is 9.59 Å². The fourth-order valence-corrected chi connectivity index (χ4v) is 1.90. The lowest BCUT2D eigenvalue weighted by molar-refractivity contribution is -0.136. The number of carboxylic acid groups (broad SMARTS) is 1. The van der Waals surface area contributed by atoms with Crippen molar-refractivity contribution in [1.29, 1.82) is 0 Å². The summed E-state index contributed by atoms with van der Waals surface area (Å²) in [5.74, 6) is -0.861. The molecule has 0 spiro atoms. The van der Waals surface area contributed by atoms with Crippen LogP contribution in [0, 0.1) is 0 Å². The van der Waals surface area contributed by atoms with E-state index >= 15 is 0 Å². The molecule has 1 N–H and O–H groups in total. The van der Waals surface area contributed by atoms with E-state index in [1.165, 1.54) is 10.7 Å². The molecule has 6 heteroatoms. The Morgan fingerprint density at radius 2 is 1.86 bits per heavy atom. The van der Waals surface area contributed by atoms with Gasteiger partial charge in [-0.05, 0) is 11.1 Å². The molecular formula is C15H17N3O3. The molecule has 1 aromatic heterocycles. The molecule has 0 saturated heterocycles. The van der Waals surface area contributed by atoms with Crippen molar-refractivity contribution in [1.82, 2.24) is 9.78 Å². The van der Waals surface area contributed by atoms with Gasteiger partial charge in [0.1, 0.15) is 0 Å². The Morgan fingerprint density at radius 1 is 1.24 bits per heavy atom. The number of anilines is 1.